The van der Waals surface area contributed by atoms with Crippen LogP contribution in [0.5, 0.6) is 0 Å². The molecule has 28 heavy (non-hydrogen) atoms. The van der Waals surface area contributed by atoms with E-state index in [1.54, 1.807) is 0 Å². The molecule has 2 rings (SSSR count). The number of hydrogen-bond donors (Lipinski definition) is 2. The molecular weight excluding hydrogens is 381 g/mol. The number of nitrogens with one attached hydrogen (secondary N) is 2. The first-order chi connectivity index (χ1) is 13.1. The van der Waals surface area contributed by atoms with Crippen molar-refractivity contribution in [2.24, 2.45) is 11.8 Å². The van der Waals surface area contributed by atoms with E-state index >= 15 is 0 Å². The van der Waals surface area contributed by atoms with E-state index in [1.165, 1.54) is 16.7 Å². The molecule has 2 N–H and O–H groups in total. The van der Waals surface area contributed by atoms with Crippen LogP contribution in [-0.2, 0) is 19.3 Å². The summed E-state index contributed by atoms with van der Waals surface area (Å²) in [5, 5.41) is 7.10. The molecule has 1 fully saturated rings. The lowest BCUT2D eigenvalue weighted by Gasteiger charge is -2.31. The predicted molar refractivity (Wildman–Crippen MR) is 115 cm³/mol. The minimum absolute atomic E-state index is 0.00830. The van der Waals surface area contributed by atoms with Gasteiger partial charge in [-0.05, 0) is 79.8 Å². The van der Waals surface area contributed by atoms with Gasteiger partial charge in [-0.1, -0.05) is 39.8 Å². The maximum absolute atomic E-state index is 12.8. The summed E-state index contributed by atoms with van der Waals surface area (Å²) in [6.45, 7) is 8.70. The first-order valence-electron chi connectivity index (χ1n) is 10.4. The second kappa shape index (κ2) is 9.95. The van der Waals surface area contributed by atoms with Crippen molar-refractivity contribution in [3.8, 4) is 0 Å². The summed E-state index contributed by atoms with van der Waals surface area (Å²) in [6.07, 6.45) is 0.128. The highest BCUT2D eigenvalue weighted by Gasteiger charge is 2.41. The third kappa shape index (κ3) is 6.36. The molecule has 0 aliphatic heterocycles. The lowest BCUT2D eigenvalue weighted by molar-refractivity contribution is -0.182. The Bertz CT molecular complexity index is 637. The van der Waals surface area contributed by atoms with Gasteiger partial charge in [-0.3, -0.25) is 0 Å². The summed E-state index contributed by atoms with van der Waals surface area (Å²) >= 11 is 5.49. The number of anilines is 1. The highest BCUT2D eigenvalue weighted by atomic mass is 32.1. The Balaban J connectivity index is 2.03. The molecule has 0 radical (unpaired) electrons. The van der Waals surface area contributed by atoms with Gasteiger partial charge in [-0.2, -0.15) is 13.2 Å². The van der Waals surface area contributed by atoms with Gasteiger partial charge in [0.2, 0.25) is 0 Å². The third-order valence-corrected chi connectivity index (χ3v) is 5.75. The van der Waals surface area contributed by atoms with Crippen molar-refractivity contribution in [1.29, 1.82) is 0 Å². The number of halogens is 3. The molecule has 1 aliphatic carbocycles. The topological polar surface area (TPSA) is 24.1 Å². The average Bonchev–Trinajstić information content (AvgIpc) is 2.61. The summed E-state index contributed by atoms with van der Waals surface area (Å²) in [5.74, 6) is -0.568. The Morgan fingerprint density at radius 3 is 2.04 bits per heavy atom. The average molecular weight is 415 g/mol. The largest absolute Gasteiger partial charge is 0.391 e. The quantitative estimate of drug-likeness (QED) is 0.526. The maximum atomic E-state index is 12.8. The summed E-state index contributed by atoms with van der Waals surface area (Å²) in [4.78, 5) is 0. The fraction of sp³-hybridized carbons (Fsp3) is 0.682. The number of rotatable bonds is 6. The Hall–Kier alpha value is -1.30. The van der Waals surface area contributed by atoms with Gasteiger partial charge in [0, 0.05) is 11.7 Å². The highest BCUT2D eigenvalue weighted by molar-refractivity contribution is 7.80. The molecule has 0 atom stereocenters. The molecule has 2 nitrogen and oxygen atoms in total. The predicted octanol–water partition coefficient (Wildman–Crippen LogP) is 6.42. The minimum Gasteiger partial charge on any atom is -0.360 e. The van der Waals surface area contributed by atoms with Crippen molar-refractivity contribution in [2.75, 3.05) is 5.32 Å². The van der Waals surface area contributed by atoms with E-state index in [0.29, 0.717) is 23.9 Å². The van der Waals surface area contributed by atoms with Gasteiger partial charge in [0.1, 0.15) is 0 Å². The van der Waals surface area contributed by atoms with E-state index in [-0.39, 0.29) is 18.9 Å². The van der Waals surface area contributed by atoms with Crippen LogP contribution < -0.4 is 10.6 Å². The summed E-state index contributed by atoms with van der Waals surface area (Å²) < 4.78 is 38.5. The van der Waals surface area contributed by atoms with Crippen LogP contribution in [0.2, 0.25) is 0 Å². The third-order valence-electron chi connectivity index (χ3n) is 5.53. The Kier molecular flexibility index (Phi) is 8.17. The van der Waals surface area contributed by atoms with Crippen LogP contribution in [0.25, 0.3) is 0 Å². The molecule has 1 aromatic carbocycles. The fourth-order valence-corrected chi connectivity index (χ4v) is 4.32. The summed E-state index contributed by atoms with van der Waals surface area (Å²) in [6, 6.07) is 4.51. The van der Waals surface area contributed by atoms with Crippen LogP contribution in [0.15, 0.2) is 12.1 Å². The zero-order chi connectivity index (χ0) is 20.9. The minimum atomic E-state index is -4.08. The van der Waals surface area contributed by atoms with E-state index in [4.69, 9.17) is 12.2 Å². The van der Waals surface area contributed by atoms with Gasteiger partial charge < -0.3 is 10.6 Å². The van der Waals surface area contributed by atoms with E-state index in [0.717, 1.165) is 24.9 Å². The Morgan fingerprint density at radius 2 is 1.61 bits per heavy atom. The fourth-order valence-electron chi connectivity index (χ4n) is 4.05. The smallest absolute Gasteiger partial charge is 0.360 e. The number of aryl methyl sites for hydroxylation is 2. The van der Waals surface area contributed by atoms with Crippen molar-refractivity contribution in [2.45, 2.75) is 84.9 Å². The van der Waals surface area contributed by atoms with Crippen LogP contribution >= 0.6 is 12.2 Å². The van der Waals surface area contributed by atoms with Gasteiger partial charge in [-0.25, -0.2) is 0 Å². The number of benzene rings is 1. The summed E-state index contributed by atoms with van der Waals surface area (Å²) in [5.41, 5.74) is 4.87. The van der Waals surface area contributed by atoms with Crippen LogP contribution in [0.4, 0.5) is 18.9 Å². The zero-order valence-corrected chi connectivity index (χ0v) is 18.2. The molecule has 0 amide bonds. The molecule has 0 spiro atoms. The second-order valence-corrected chi connectivity index (χ2v) is 8.69. The normalized spacial score (nSPS) is 20.3. The first-order valence-corrected chi connectivity index (χ1v) is 10.8. The van der Waals surface area contributed by atoms with Crippen molar-refractivity contribution in [3.63, 3.8) is 0 Å². The molecule has 1 aromatic rings. The van der Waals surface area contributed by atoms with Gasteiger partial charge in [0.25, 0.3) is 0 Å². The lowest BCUT2D eigenvalue weighted by atomic mass is 9.86. The second-order valence-electron chi connectivity index (χ2n) is 8.28. The van der Waals surface area contributed by atoms with Gasteiger partial charge >= 0.3 is 6.18 Å². The molecule has 158 valence electrons. The standard InChI is InChI=1S/C22H33F3N2S/c1-5-16-12-15(11-14(3)4)13-17(6-2)20(16)27-21(28)26-19-9-7-18(8-10-19)22(23,24)25/h12-14,18-19H,5-11H2,1-4H3,(H2,26,27,28). The molecule has 1 aliphatic rings. The number of alkyl halides is 3. The first kappa shape index (κ1) is 23.0. The van der Waals surface area contributed by atoms with Gasteiger partial charge in [-0.15, -0.1) is 0 Å². The van der Waals surface area contributed by atoms with Crippen LogP contribution in [-0.4, -0.2) is 17.3 Å². The lowest BCUT2D eigenvalue weighted by Crippen LogP contribution is -2.42. The van der Waals surface area contributed by atoms with E-state index in [1.807, 2.05) is 0 Å². The molecule has 6 heteroatoms. The molecule has 0 heterocycles. The zero-order valence-electron chi connectivity index (χ0n) is 17.4. The SMILES string of the molecule is CCc1cc(CC(C)C)cc(CC)c1NC(=S)NC1CCC(C(F)(F)F)CC1. The van der Waals surface area contributed by atoms with Crippen molar-refractivity contribution in [3.05, 3.63) is 28.8 Å². The van der Waals surface area contributed by atoms with Gasteiger partial charge in [0.05, 0.1) is 5.92 Å². The van der Waals surface area contributed by atoms with E-state index in [9.17, 15) is 13.2 Å². The Morgan fingerprint density at radius 1 is 1.07 bits per heavy atom. The molecule has 1 saturated carbocycles. The van der Waals surface area contributed by atoms with Crippen molar-refractivity contribution < 1.29 is 13.2 Å². The summed E-state index contributed by atoms with van der Waals surface area (Å²) in [7, 11) is 0. The maximum Gasteiger partial charge on any atom is 0.391 e. The molecule has 0 saturated heterocycles. The molecule has 0 unspecified atom stereocenters. The van der Waals surface area contributed by atoms with Gasteiger partial charge in [0.15, 0.2) is 5.11 Å². The molecule has 0 aromatic heterocycles. The number of thiocarbonyl (C=S) groups is 1. The monoisotopic (exact) mass is 414 g/mol. The van der Waals surface area contributed by atoms with Crippen LogP contribution in [0.1, 0.15) is 70.1 Å². The van der Waals surface area contributed by atoms with E-state index in [2.05, 4.69) is 50.5 Å². The highest BCUT2D eigenvalue weighted by Crippen LogP contribution is 2.37. The van der Waals surface area contributed by atoms with Crippen molar-refractivity contribution in [1.82, 2.24) is 5.32 Å². The van der Waals surface area contributed by atoms with Crippen LogP contribution in [0, 0.1) is 11.8 Å². The van der Waals surface area contributed by atoms with Crippen LogP contribution in [0.3, 0.4) is 0 Å². The Labute approximate surface area is 172 Å². The van der Waals surface area contributed by atoms with E-state index < -0.39 is 12.1 Å². The molecular formula is C22H33F3N2S. The molecule has 0 bridgehead atoms. The number of hydrogen-bond acceptors (Lipinski definition) is 1. The van der Waals surface area contributed by atoms with Crippen molar-refractivity contribution >= 4 is 23.0 Å².